The molecule has 1 aromatic carbocycles. The zero-order chi connectivity index (χ0) is 13.9. The van der Waals surface area contributed by atoms with E-state index in [0.29, 0.717) is 5.92 Å². The third-order valence-corrected chi connectivity index (χ3v) is 4.11. The van der Waals surface area contributed by atoms with Gasteiger partial charge in [0.2, 0.25) is 0 Å². The lowest BCUT2D eigenvalue weighted by atomic mass is 9.92. The van der Waals surface area contributed by atoms with Gasteiger partial charge in [0.1, 0.15) is 5.54 Å². The Hall–Kier alpha value is -1.53. The number of nitrogens with zero attached hydrogens (tertiary/aromatic N) is 2. The molecule has 19 heavy (non-hydrogen) atoms. The fraction of sp³-hybridized carbons (Fsp3) is 0.562. The predicted molar refractivity (Wildman–Crippen MR) is 79.2 cm³/mol. The maximum Gasteiger partial charge on any atom is 0.105 e. The first kappa shape index (κ1) is 13.9. The van der Waals surface area contributed by atoms with Crippen LogP contribution in [-0.2, 0) is 6.42 Å². The van der Waals surface area contributed by atoms with Crippen LogP contribution in [0.4, 0.5) is 5.69 Å². The average molecular weight is 257 g/mol. The molecule has 0 aliphatic carbocycles. The van der Waals surface area contributed by atoms with E-state index < -0.39 is 5.54 Å². The minimum Gasteiger partial charge on any atom is -0.371 e. The molecule has 1 heterocycles. The summed E-state index contributed by atoms with van der Waals surface area (Å²) in [6.45, 7) is 6.27. The molecule has 0 saturated carbocycles. The molecule has 102 valence electrons. The van der Waals surface area contributed by atoms with Gasteiger partial charge in [-0.3, -0.25) is 0 Å². The minimum atomic E-state index is -0.435. The molecule has 0 radical (unpaired) electrons. The van der Waals surface area contributed by atoms with Crippen molar-refractivity contribution < 1.29 is 0 Å². The van der Waals surface area contributed by atoms with Gasteiger partial charge >= 0.3 is 0 Å². The second-order valence-corrected chi connectivity index (χ2v) is 5.83. The van der Waals surface area contributed by atoms with Gasteiger partial charge in [0.05, 0.1) is 6.07 Å². The molecule has 1 aliphatic heterocycles. The Morgan fingerprint density at radius 2 is 2.21 bits per heavy atom. The molecule has 1 N–H and O–H groups in total. The maximum absolute atomic E-state index is 9.23. The van der Waals surface area contributed by atoms with Crippen LogP contribution in [0.15, 0.2) is 24.3 Å². The first-order valence-corrected chi connectivity index (χ1v) is 7.01. The Morgan fingerprint density at radius 1 is 1.47 bits per heavy atom. The highest BCUT2D eigenvalue weighted by Gasteiger charge is 2.25. The molecule has 0 saturated heterocycles. The first-order chi connectivity index (χ1) is 9.08. The van der Waals surface area contributed by atoms with E-state index in [9.17, 15) is 5.26 Å². The third-order valence-electron chi connectivity index (χ3n) is 4.11. The fourth-order valence-corrected chi connectivity index (χ4v) is 2.71. The number of fused-ring (bicyclic) bond motifs is 1. The molecule has 2 rings (SSSR count). The third kappa shape index (κ3) is 3.08. The number of hydrogen-bond acceptors (Lipinski definition) is 3. The van der Waals surface area contributed by atoms with Gasteiger partial charge in [0, 0.05) is 18.8 Å². The molecular formula is C16H23N3. The van der Waals surface area contributed by atoms with Crippen molar-refractivity contribution in [2.24, 2.45) is 5.92 Å². The monoisotopic (exact) mass is 257 g/mol. The van der Waals surface area contributed by atoms with E-state index in [1.165, 1.54) is 11.3 Å². The van der Waals surface area contributed by atoms with E-state index in [-0.39, 0.29) is 0 Å². The molecule has 3 heteroatoms. The summed E-state index contributed by atoms with van der Waals surface area (Å²) in [6.07, 6.45) is 2.00. The summed E-state index contributed by atoms with van der Waals surface area (Å²) in [5.74, 6) is 0.679. The first-order valence-electron chi connectivity index (χ1n) is 7.01. The zero-order valence-electron chi connectivity index (χ0n) is 12.1. The van der Waals surface area contributed by atoms with Crippen molar-refractivity contribution in [3.63, 3.8) is 0 Å². The smallest absolute Gasteiger partial charge is 0.105 e. The summed E-state index contributed by atoms with van der Waals surface area (Å²) in [5, 5.41) is 12.3. The van der Waals surface area contributed by atoms with Crippen LogP contribution in [0.2, 0.25) is 0 Å². The van der Waals surface area contributed by atoms with Crippen molar-refractivity contribution >= 4 is 5.69 Å². The van der Waals surface area contributed by atoms with Crippen LogP contribution in [0.25, 0.3) is 0 Å². The molecule has 3 nitrogen and oxygen atoms in total. The van der Waals surface area contributed by atoms with Crippen LogP contribution in [0.3, 0.4) is 0 Å². The Balaban J connectivity index is 2.11. The van der Waals surface area contributed by atoms with Crippen LogP contribution >= 0.6 is 0 Å². The Morgan fingerprint density at radius 3 is 2.89 bits per heavy atom. The van der Waals surface area contributed by atoms with Crippen molar-refractivity contribution in [3.8, 4) is 6.07 Å². The number of hydrogen-bond donors (Lipinski definition) is 1. The molecular weight excluding hydrogens is 234 g/mol. The summed E-state index contributed by atoms with van der Waals surface area (Å²) in [4.78, 5) is 2.43. The van der Waals surface area contributed by atoms with E-state index in [2.05, 4.69) is 47.5 Å². The lowest BCUT2D eigenvalue weighted by molar-refractivity contribution is 0.438. The summed E-state index contributed by atoms with van der Waals surface area (Å²) >= 11 is 0. The molecule has 0 bridgehead atoms. The number of para-hydroxylation sites is 1. The molecule has 0 aromatic heterocycles. The Kier molecular flexibility index (Phi) is 4.11. The van der Waals surface area contributed by atoms with E-state index in [0.717, 1.165) is 25.9 Å². The molecule has 0 fully saturated rings. The second kappa shape index (κ2) is 5.63. The minimum absolute atomic E-state index is 0.435. The SMILES string of the molecule is CNC(C)(C#N)CCN1CC(C)Cc2ccccc21. The number of nitriles is 1. The number of benzene rings is 1. The molecule has 1 aliphatic rings. The summed E-state index contributed by atoms with van der Waals surface area (Å²) < 4.78 is 0. The summed E-state index contributed by atoms with van der Waals surface area (Å²) in [6, 6.07) is 11.0. The van der Waals surface area contributed by atoms with Gasteiger partial charge in [-0.15, -0.1) is 0 Å². The highest BCUT2D eigenvalue weighted by atomic mass is 15.1. The van der Waals surface area contributed by atoms with Gasteiger partial charge in [0.15, 0.2) is 0 Å². The van der Waals surface area contributed by atoms with Gasteiger partial charge in [-0.1, -0.05) is 25.1 Å². The van der Waals surface area contributed by atoms with Gasteiger partial charge in [-0.2, -0.15) is 5.26 Å². The Labute approximate surface area is 116 Å². The summed E-state index contributed by atoms with van der Waals surface area (Å²) in [5.41, 5.74) is 2.34. The van der Waals surface area contributed by atoms with Crippen LogP contribution < -0.4 is 10.2 Å². The maximum atomic E-state index is 9.23. The second-order valence-electron chi connectivity index (χ2n) is 5.83. The van der Waals surface area contributed by atoms with E-state index >= 15 is 0 Å². The van der Waals surface area contributed by atoms with E-state index in [1.807, 2.05) is 14.0 Å². The van der Waals surface area contributed by atoms with E-state index in [4.69, 9.17) is 0 Å². The van der Waals surface area contributed by atoms with Crippen molar-refractivity contribution in [2.45, 2.75) is 32.2 Å². The van der Waals surface area contributed by atoms with Crippen molar-refractivity contribution in [1.82, 2.24) is 5.32 Å². The van der Waals surface area contributed by atoms with Gasteiger partial charge in [-0.05, 0) is 44.4 Å². The van der Waals surface area contributed by atoms with Crippen LogP contribution in [0.1, 0.15) is 25.8 Å². The van der Waals surface area contributed by atoms with Gasteiger partial charge in [-0.25, -0.2) is 0 Å². The van der Waals surface area contributed by atoms with Crippen molar-refractivity contribution in [3.05, 3.63) is 29.8 Å². The lowest BCUT2D eigenvalue weighted by Gasteiger charge is -2.36. The van der Waals surface area contributed by atoms with Gasteiger partial charge < -0.3 is 10.2 Å². The predicted octanol–water partition coefficient (Wildman–Crippen LogP) is 2.58. The lowest BCUT2D eigenvalue weighted by Crippen LogP contribution is -2.43. The largest absolute Gasteiger partial charge is 0.371 e. The highest BCUT2D eigenvalue weighted by molar-refractivity contribution is 5.55. The van der Waals surface area contributed by atoms with Crippen LogP contribution in [0, 0.1) is 17.2 Å². The molecule has 2 unspecified atom stereocenters. The van der Waals surface area contributed by atoms with Gasteiger partial charge in [0.25, 0.3) is 0 Å². The fourth-order valence-electron chi connectivity index (χ4n) is 2.71. The quantitative estimate of drug-likeness (QED) is 0.901. The highest BCUT2D eigenvalue weighted by Crippen LogP contribution is 2.29. The molecule has 1 aromatic rings. The zero-order valence-corrected chi connectivity index (χ0v) is 12.1. The number of rotatable bonds is 4. The normalized spacial score (nSPS) is 21.4. The summed E-state index contributed by atoms with van der Waals surface area (Å²) in [7, 11) is 1.86. The van der Waals surface area contributed by atoms with Crippen molar-refractivity contribution in [1.29, 1.82) is 5.26 Å². The topological polar surface area (TPSA) is 39.1 Å². The molecule has 0 amide bonds. The van der Waals surface area contributed by atoms with Crippen LogP contribution in [-0.4, -0.2) is 25.7 Å². The molecule has 2 atom stereocenters. The average Bonchev–Trinajstić information content (AvgIpc) is 2.44. The Bertz CT molecular complexity index is 477. The molecule has 0 spiro atoms. The van der Waals surface area contributed by atoms with Crippen molar-refractivity contribution in [2.75, 3.05) is 25.0 Å². The van der Waals surface area contributed by atoms with Crippen LogP contribution in [0.5, 0.6) is 0 Å². The number of anilines is 1. The number of nitrogens with one attached hydrogen (secondary N) is 1. The standard InChI is InChI=1S/C16H23N3/c1-13-10-14-6-4-5-7-15(14)19(11-13)9-8-16(2,12-17)18-3/h4-7,13,18H,8-11H2,1-3H3. The van der Waals surface area contributed by atoms with E-state index in [1.54, 1.807) is 0 Å².